The molecule has 0 bridgehead atoms. The van der Waals surface area contributed by atoms with E-state index in [1.165, 1.54) is 5.57 Å². The fourth-order valence-electron chi connectivity index (χ4n) is 4.04. The maximum absolute atomic E-state index is 12.9. The Labute approximate surface area is 168 Å². The normalized spacial score (nSPS) is 25.6. The van der Waals surface area contributed by atoms with Gasteiger partial charge in [0.15, 0.2) is 0 Å². The van der Waals surface area contributed by atoms with Crippen molar-refractivity contribution in [3.05, 3.63) is 71.0 Å². The van der Waals surface area contributed by atoms with Crippen LogP contribution >= 0.6 is 8.58 Å². The van der Waals surface area contributed by atoms with E-state index in [4.69, 9.17) is 10.5 Å². The van der Waals surface area contributed by atoms with Crippen molar-refractivity contribution in [2.24, 2.45) is 5.73 Å². The number of methoxy groups -OCH3 is 1. The van der Waals surface area contributed by atoms with Crippen LogP contribution in [0, 0.1) is 6.92 Å². The Morgan fingerprint density at radius 3 is 2.96 bits per heavy atom. The van der Waals surface area contributed by atoms with Gasteiger partial charge in [-0.2, -0.15) is 0 Å². The number of carbonyl (C=O) groups is 1. The molecule has 3 atom stereocenters. The van der Waals surface area contributed by atoms with Crippen LogP contribution in [0.3, 0.4) is 0 Å². The summed E-state index contributed by atoms with van der Waals surface area (Å²) in [5.41, 5.74) is 10.8. The molecule has 1 amide bonds. The molecule has 146 valence electrons. The first-order chi connectivity index (χ1) is 13.5. The van der Waals surface area contributed by atoms with Gasteiger partial charge in [-0.3, -0.25) is 4.79 Å². The molecule has 1 aromatic rings. The predicted octanol–water partition coefficient (Wildman–Crippen LogP) is 4.47. The number of allylic oxidation sites excluding steroid dienone is 3. The first kappa shape index (κ1) is 19.2. The quantitative estimate of drug-likeness (QED) is 0.770. The molecule has 0 spiro atoms. The minimum Gasteiger partial charge on any atom is -0.496 e. The van der Waals surface area contributed by atoms with E-state index < -0.39 is 0 Å². The molecule has 0 saturated carbocycles. The van der Waals surface area contributed by atoms with Crippen molar-refractivity contribution in [1.29, 1.82) is 0 Å². The molecular formula is C23H27N2O2P. The standard InChI is InChI=1S/C23H27N2O2P/c1-15-11-17(7-9-20(15)27-2)21-13-22(26)25-14-18(8-10-23(25)28-21)16-5-3-4-6-19(24)12-16/h5,7-11,13-14,19,23,28H,3-4,6,12,24H2,1-2H3/t19-,23?/m0/s1. The van der Waals surface area contributed by atoms with Crippen molar-refractivity contribution >= 4 is 19.8 Å². The molecular weight excluding hydrogens is 367 g/mol. The number of hydrogen-bond donors (Lipinski definition) is 1. The molecule has 0 saturated heterocycles. The van der Waals surface area contributed by atoms with Crippen LogP contribution in [0.2, 0.25) is 0 Å². The van der Waals surface area contributed by atoms with Gasteiger partial charge in [-0.1, -0.05) is 32.9 Å². The Balaban J connectivity index is 1.58. The molecule has 2 N–H and O–H groups in total. The summed E-state index contributed by atoms with van der Waals surface area (Å²) in [6.45, 7) is 2.03. The molecule has 2 heterocycles. The topological polar surface area (TPSA) is 55.6 Å². The van der Waals surface area contributed by atoms with Gasteiger partial charge >= 0.3 is 0 Å². The zero-order valence-corrected chi connectivity index (χ0v) is 17.4. The highest BCUT2D eigenvalue weighted by Gasteiger charge is 2.29. The second-order valence-corrected chi connectivity index (χ2v) is 9.06. The van der Waals surface area contributed by atoms with E-state index in [9.17, 15) is 4.79 Å². The Morgan fingerprint density at radius 1 is 1.32 bits per heavy atom. The van der Waals surface area contributed by atoms with Gasteiger partial charge in [-0.25, -0.2) is 0 Å². The second-order valence-electron chi connectivity index (χ2n) is 7.65. The Bertz CT molecular complexity index is 913. The minimum atomic E-state index is 0.0487. The van der Waals surface area contributed by atoms with Crippen molar-refractivity contribution in [3.8, 4) is 5.75 Å². The van der Waals surface area contributed by atoms with Crippen molar-refractivity contribution in [2.75, 3.05) is 7.11 Å². The van der Waals surface area contributed by atoms with Crippen molar-refractivity contribution in [3.63, 3.8) is 0 Å². The lowest BCUT2D eigenvalue weighted by Crippen LogP contribution is -2.35. The lowest BCUT2D eigenvalue weighted by molar-refractivity contribution is -0.123. The van der Waals surface area contributed by atoms with Gasteiger partial charge in [-0.15, -0.1) is 0 Å². The van der Waals surface area contributed by atoms with Crippen LogP contribution in [-0.4, -0.2) is 29.7 Å². The summed E-state index contributed by atoms with van der Waals surface area (Å²) in [4.78, 5) is 14.8. The molecule has 28 heavy (non-hydrogen) atoms. The highest BCUT2D eigenvalue weighted by Crippen LogP contribution is 2.45. The van der Waals surface area contributed by atoms with Crippen LogP contribution < -0.4 is 10.5 Å². The molecule has 3 aliphatic rings. The van der Waals surface area contributed by atoms with E-state index in [0.29, 0.717) is 8.58 Å². The third kappa shape index (κ3) is 3.85. The van der Waals surface area contributed by atoms with Crippen LogP contribution in [0.25, 0.3) is 5.31 Å². The third-order valence-electron chi connectivity index (χ3n) is 5.59. The molecule has 5 heteroatoms. The zero-order chi connectivity index (χ0) is 19.7. The third-order valence-corrected chi connectivity index (χ3v) is 7.10. The lowest BCUT2D eigenvalue weighted by atomic mass is 9.98. The first-order valence-corrected chi connectivity index (χ1v) is 10.9. The number of aryl methyl sites for hydroxylation is 1. The summed E-state index contributed by atoms with van der Waals surface area (Å²) in [5, 5.41) is 1.11. The van der Waals surface area contributed by atoms with Gasteiger partial charge in [0.2, 0.25) is 0 Å². The van der Waals surface area contributed by atoms with Crippen LogP contribution in [-0.2, 0) is 4.79 Å². The van der Waals surface area contributed by atoms with E-state index in [2.05, 4.69) is 24.3 Å². The first-order valence-electron chi connectivity index (χ1n) is 9.85. The highest BCUT2D eigenvalue weighted by atomic mass is 31.1. The fraction of sp³-hybridized carbons (Fsp3) is 0.348. The molecule has 4 rings (SSSR count). The average molecular weight is 394 g/mol. The number of amides is 1. The van der Waals surface area contributed by atoms with Crippen molar-refractivity contribution in [1.82, 2.24) is 4.90 Å². The highest BCUT2D eigenvalue weighted by molar-refractivity contribution is 7.51. The lowest BCUT2D eigenvalue weighted by Gasteiger charge is -2.34. The molecule has 2 aliphatic heterocycles. The van der Waals surface area contributed by atoms with Crippen LogP contribution in [0.4, 0.5) is 0 Å². The Kier molecular flexibility index (Phi) is 5.52. The van der Waals surface area contributed by atoms with E-state index >= 15 is 0 Å². The summed E-state index contributed by atoms with van der Waals surface area (Å²) < 4.78 is 5.35. The number of carbonyl (C=O) groups excluding carboxylic acids is 1. The van der Waals surface area contributed by atoms with Gasteiger partial charge in [-0.05, 0) is 72.3 Å². The SMILES string of the molecule is COc1ccc(C2=CC(=O)N3C=C(C4=CCCC[C@H](N)C4)C=CC3P2)cc1C. The van der Waals surface area contributed by atoms with Gasteiger partial charge in [0.05, 0.1) is 12.9 Å². The van der Waals surface area contributed by atoms with Gasteiger partial charge < -0.3 is 15.4 Å². The molecule has 2 unspecified atom stereocenters. The number of nitrogens with zero attached hydrogens (tertiary/aromatic N) is 1. The maximum atomic E-state index is 12.9. The molecule has 1 aliphatic carbocycles. The number of hydrogen-bond acceptors (Lipinski definition) is 3. The summed E-state index contributed by atoms with van der Waals surface area (Å²) >= 11 is 0. The molecule has 0 radical (unpaired) electrons. The van der Waals surface area contributed by atoms with Crippen LogP contribution in [0.1, 0.15) is 36.8 Å². The van der Waals surface area contributed by atoms with E-state index in [0.717, 1.165) is 53.4 Å². The molecule has 4 nitrogen and oxygen atoms in total. The molecule has 0 aromatic heterocycles. The summed E-state index contributed by atoms with van der Waals surface area (Å²) in [5.74, 6) is 1.02. The van der Waals surface area contributed by atoms with Gasteiger partial charge in [0, 0.05) is 18.3 Å². The monoisotopic (exact) mass is 394 g/mol. The minimum absolute atomic E-state index is 0.0487. The van der Waals surface area contributed by atoms with Crippen molar-refractivity contribution in [2.45, 2.75) is 44.4 Å². The molecule has 0 fully saturated rings. The Hall–Kier alpha value is -2.16. The summed E-state index contributed by atoms with van der Waals surface area (Å²) in [6, 6.07) is 6.33. The van der Waals surface area contributed by atoms with Crippen molar-refractivity contribution < 1.29 is 9.53 Å². The summed E-state index contributed by atoms with van der Waals surface area (Å²) in [7, 11) is 2.20. The number of rotatable bonds is 3. The summed E-state index contributed by atoms with van der Waals surface area (Å²) in [6.07, 6.45) is 14.6. The van der Waals surface area contributed by atoms with Gasteiger partial charge in [0.1, 0.15) is 5.75 Å². The zero-order valence-electron chi connectivity index (χ0n) is 16.4. The number of benzene rings is 1. The van der Waals surface area contributed by atoms with E-state index in [1.54, 1.807) is 13.2 Å². The Morgan fingerprint density at radius 2 is 2.18 bits per heavy atom. The fourth-order valence-corrected chi connectivity index (χ4v) is 5.42. The maximum Gasteiger partial charge on any atom is 0.252 e. The number of ether oxygens (including phenoxy) is 1. The van der Waals surface area contributed by atoms with E-state index in [-0.39, 0.29) is 17.7 Å². The predicted molar refractivity (Wildman–Crippen MR) is 116 cm³/mol. The number of nitrogens with two attached hydrogens (primary N) is 1. The largest absolute Gasteiger partial charge is 0.496 e. The second kappa shape index (κ2) is 8.06. The van der Waals surface area contributed by atoms with Crippen LogP contribution in [0.5, 0.6) is 5.75 Å². The van der Waals surface area contributed by atoms with Crippen LogP contribution in [0.15, 0.2) is 59.8 Å². The number of fused-ring (bicyclic) bond motifs is 1. The van der Waals surface area contributed by atoms with E-state index in [1.807, 2.05) is 30.2 Å². The smallest absolute Gasteiger partial charge is 0.252 e. The average Bonchev–Trinajstić information content (AvgIpc) is 2.92. The molecule has 1 aromatic carbocycles. The van der Waals surface area contributed by atoms with Gasteiger partial charge in [0.25, 0.3) is 5.91 Å².